The van der Waals surface area contributed by atoms with E-state index in [1.165, 1.54) is 30.0 Å². The standard InChI is InChI=1S/C14H18N10O/c1-9(12-19-16-7-23(12)10-4-2-3-5-10)18-14(25)11-6-15-20-13(11)24-8-17-21-22-24/h6-10H,2-5H2,1H3,(H,15,20)(H,18,25)/t9-/m0/s1. The first kappa shape index (κ1) is 15.4. The molecular weight excluding hydrogens is 324 g/mol. The summed E-state index contributed by atoms with van der Waals surface area (Å²) in [5, 5.41) is 28.7. The molecule has 0 spiro atoms. The second-order valence-electron chi connectivity index (χ2n) is 6.12. The van der Waals surface area contributed by atoms with Crippen molar-refractivity contribution in [1.29, 1.82) is 0 Å². The number of carbonyl (C=O) groups excluding carboxylic acids is 1. The number of rotatable bonds is 5. The van der Waals surface area contributed by atoms with Crippen LogP contribution in [0.5, 0.6) is 0 Å². The predicted octanol–water partition coefficient (Wildman–Crippen LogP) is 0.583. The highest BCUT2D eigenvalue weighted by atomic mass is 16.1. The number of nitrogens with one attached hydrogen (secondary N) is 2. The Balaban J connectivity index is 1.52. The molecule has 1 atom stereocenters. The summed E-state index contributed by atoms with van der Waals surface area (Å²) in [7, 11) is 0. The second kappa shape index (κ2) is 6.42. The Hall–Kier alpha value is -3.11. The molecule has 1 aliphatic carbocycles. The topological polar surface area (TPSA) is 132 Å². The SMILES string of the molecule is C[C@H](NC(=O)c1cn[nH]c1-n1cnnn1)c1nncn1C1CCCC1. The number of hydrogen-bond donors (Lipinski definition) is 2. The van der Waals surface area contributed by atoms with Gasteiger partial charge in [-0.3, -0.25) is 9.89 Å². The van der Waals surface area contributed by atoms with Crippen molar-refractivity contribution in [1.82, 2.24) is 50.5 Å². The number of carbonyl (C=O) groups is 1. The summed E-state index contributed by atoms with van der Waals surface area (Å²) < 4.78 is 3.43. The highest BCUT2D eigenvalue weighted by Gasteiger charge is 2.25. The number of tetrazole rings is 1. The zero-order valence-corrected chi connectivity index (χ0v) is 13.7. The Kier molecular flexibility index (Phi) is 3.96. The largest absolute Gasteiger partial charge is 0.342 e. The summed E-state index contributed by atoms with van der Waals surface area (Å²) in [6, 6.07) is 0.127. The van der Waals surface area contributed by atoms with Crippen LogP contribution in [-0.4, -0.2) is 51.1 Å². The van der Waals surface area contributed by atoms with E-state index in [9.17, 15) is 4.79 Å². The van der Waals surface area contributed by atoms with Gasteiger partial charge in [0.25, 0.3) is 5.91 Å². The van der Waals surface area contributed by atoms with Crippen LogP contribution in [0.3, 0.4) is 0 Å². The lowest BCUT2D eigenvalue weighted by Gasteiger charge is -2.18. The van der Waals surface area contributed by atoms with E-state index in [1.54, 1.807) is 6.33 Å². The smallest absolute Gasteiger partial charge is 0.257 e. The van der Waals surface area contributed by atoms with Gasteiger partial charge in [-0.1, -0.05) is 12.8 Å². The fourth-order valence-electron chi connectivity index (χ4n) is 3.25. The summed E-state index contributed by atoms with van der Waals surface area (Å²) in [5.41, 5.74) is 0.353. The van der Waals surface area contributed by atoms with Gasteiger partial charge in [0.1, 0.15) is 18.2 Å². The van der Waals surface area contributed by atoms with Gasteiger partial charge in [-0.05, 0) is 30.2 Å². The highest BCUT2D eigenvalue weighted by molar-refractivity contribution is 5.97. The Labute approximate surface area is 142 Å². The molecule has 3 aromatic heterocycles. The Morgan fingerprint density at radius 2 is 2.16 bits per heavy atom. The predicted molar refractivity (Wildman–Crippen MR) is 84.7 cm³/mol. The quantitative estimate of drug-likeness (QED) is 0.693. The molecular formula is C14H18N10O. The molecule has 130 valence electrons. The summed E-state index contributed by atoms with van der Waals surface area (Å²) >= 11 is 0. The first-order chi connectivity index (χ1) is 12.2. The van der Waals surface area contributed by atoms with Gasteiger partial charge in [0, 0.05) is 6.04 Å². The Morgan fingerprint density at radius 3 is 2.92 bits per heavy atom. The van der Waals surface area contributed by atoms with Crippen molar-refractivity contribution in [3.8, 4) is 5.82 Å². The van der Waals surface area contributed by atoms with Crippen molar-refractivity contribution in [3.63, 3.8) is 0 Å². The summed E-state index contributed by atoms with van der Waals surface area (Å²) in [4.78, 5) is 12.6. The molecule has 0 aromatic carbocycles. The van der Waals surface area contributed by atoms with Crippen molar-refractivity contribution in [2.45, 2.75) is 44.7 Å². The van der Waals surface area contributed by atoms with Crippen LogP contribution >= 0.6 is 0 Å². The first-order valence-corrected chi connectivity index (χ1v) is 8.21. The zero-order chi connectivity index (χ0) is 17.2. The van der Waals surface area contributed by atoms with Gasteiger partial charge in [0.05, 0.1) is 12.2 Å². The fourth-order valence-corrected chi connectivity index (χ4v) is 3.25. The normalized spacial score (nSPS) is 16.2. The van der Waals surface area contributed by atoms with E-state index < -0.39 is 0 Å². The molecule has 25 heavy (non-hydrogen) atoms. The third-order valence-electron chi connectivity index (χ3n) is 4.50. The first-order valence-electron chi connectivity index (χ1n) is 8.21. The van der Waals surface area contributed by atoms with E-state index in [-0.39, 0.29) is 11.9 Å². The molecule has 0 bridgehead atoms. The maximum absolute atomic E-state index is 12.6. The number of aromatic nitrogens is 9. The average Bonchev–Trinajstić information content (AvgIpc) is 3.43. The molecule has 1 amide bonds. The number of amides is 1. The van der Waals surface area contributed by atoms with Crippen molar-refractivity contribution >= 4 is 5.91 Å². The van der Waals surface area contributed by atoms with E-state index in [1.807, 2.05) is 6.92 Å². The molecule has 0 aliphatic heterocycles. The molecule has 3 heterocycles. The van der Waals surface area contributed by atoms with Crippen LogP contribution in [0.1, 0.15) is 60.9 Å². The van der Waals surface area contributed by atoms with Crippen LogP contribution in [-0.2, 0) is 0 Å². The van der Waals surface area contributed by atoms with Crippen LogP contribution in [0.2, 0.25) is 0 Å². The minimum atomic E-state index is -0.285. The molecule has 11 nitrogen and oxygen atoms in total. The lowest BCUT2D eigenvalue weighted by atomic mass is 10.2. The van der Waals surface area contributed by atoms with Crippen molar-refractivity contribution in [3.05, 3.63) is 30.2 Å². The van der Waals surface area contributed by atoms with Crippen molar-refractivity contribution in [2.24, 2.45) is 0 Å². The second-order valence-corrected chi connectivity index (χ2v) is 6.12. The molecule has 1 aliphatic rings. The van der Waals surface area contributed by atoms with E-state index in [0.29, 0.717) is 17.4 Å². The van der Waals surface area contributed by atoms with Crippen LogP contribution in [0.25, 0.3) is 5.82 Å². The van der Waals surface area contributed by atoms with Gasteiger partial charge in [-0.2, -0.15) is 9.78 Å². The molecule has 0 unspecified atom stereocenters. The van der Waals surface area contributed by atoms with Crippen LogP contribution in [0, 0.1) is 0 Å². The van der Waals surface area contributed by atoms with Gasteiger partial charge in [-0.25, -0.2) is 0 Å². The van der Waals surface area contributed by atoms with E-state index >= 15 is 0 Å². The third kappa shape index (κ3) is 2.88. The number of H-pyrrole nitrogens is 1. The molecule has 11 heteroatoms. The molecule has 4 rings (SSSR count). The third-order valence-corrected chi connectivity index (χ3v) is 4.50. The van der Waals surface area contributed by atoms with Gasteiger partial charge < -0.3 is 9.88 Å². The molecule has 0 saturated heterocycles. The Morgan fingerprint density at radius 1 is 1.32 bits per heavy atom. The Bertz CT molecular complexity index is 845. The van der Waals surface area contributed by atoms with E-state index in [2.05, 4.69) is 45.8 Å². The lowest BCUT2D eigenvalue weighted by Crippen LogP contribution is -2.29. The summed E-state index contributed by atoms with van der Waals surface area (Å²) in [6.07, 6.45) is 9.26. The van der Waals surface area contributed by atoms with Crippen molar-refractivity contribution in [2.75, 3.05) is 0 Å². The van der Waals surface area contributed by atoms with Gasteiger partial charge in [0.2, 0.25) is 0 Å². The number of nitrogens with zero attached hydrogens (tertiary/aromatic N) is 8. The zero-order valence-electron chi connectivity index (χ0n) is 13.7. The van der Waals surface area contributed by atoms with Crippen LogP contribution < -0.4 is 5.32 Å². The fraction of sp³-hybridized carbons (Fsp3) is 0.500. The summed E-state index contributed by atoms with van der Waals surface area (Å²) in [5.74, 6) is 0.882. The monoisotopic (exact) mass is 342 g/mol. The number of hydrogen-bond acceptors (Lipinski definition) is 7. The molecule has 3 aromatic rings. The maximum Gasteiger partial charge on any atom is 0.257 e. The molecule has 0 radical (unpaired) electrons. The van der Waals surface area contributed by atoms with Gasteiger partial charge >= 0.3 is 0 Å². The minimum absolute atomic E-state index is 0.285. The maximum atomic E-state index is 12.6. The highest BCUT2D eigenvalue weighted by Crippen LogP contribution is 2.31. The molecule has 2 N–H and O–H groups in total. The van der Waals surface area contributed by atoms with Crippen LogP contribution in [0.4, 0.5) is 0 Å². The van der Waals surface area contributed by atoms with Gasteiger partial charge in [0.15, 0.2) is 11.6 Å². The van der Waals surface area contributed by atoms with Gasteiger partial charge in [-0.15, -0.1) is 15.3 Å². The molecule has 1 saturated carbocycles. The lowest BCUT2D eigenvalue weighted by molar-refractivity contribution is 0.0937. The molecule has 1 fully saturated rings. The van der Waals surface area contributed by atoms with Crippen molar-refractivity contribution < 1.29 is 4.79 Å². The van der Waals surface area contributed by atoms with Crippen LogP contribution in [0.15, 0.2) is 18.9 Å². The van der Waals surface area contributed by atoms with E-state index in [4.69, 9.17) is 0 Å². The summed E-state index contributed by atoms with van der Waals surface area (Å²) in [6.45, 7) is 1.89. The minimum Gasteiger partial charge on any atom is -0.342 e. The average molecular weight is 342 g/mol. The number of aromatic amines is 1. The van der Waals surface area contributed by atoms with E-state index in [0.717, 1.165) is 18.7 Å².